The third-order valence-corrected chi connectivity index (χ3v) is 6.21. The van der Waals surface area contributed by atoms with Gasteiger partial charge in [0.25, 0.3) is 0 Å². The van der Waals surface area contributed by atoms with E-state index in [9.17, 15) is 5.11 Å². The largest absolute Gasteiger partial charge is 0.508 e. The molecule has 1 saturated carbocycles. The summed E-state index contributed by atoms with van der Waals surface area (Å²) in [5.74, 6) is 1.08. The molecule has 0 spiro atoms. The Bertz CT molecular complexity index is 606. The van der Waals surface area contributed by atoms with Crippen molar-refractivity contribution >= 4 is 0 Å². The van der Waals surface area contributed by atoms with Crippen molar-refractivity contribution < 1.29 is 5.11 Å². The Morgan fingerprint density at radius 2 is 2.24 bits per heavy atom. The lowest BCUT2D eigenvalue weighted by Gasteiger charge is -2.58. The molecule has 0 unspecified atom stereocenters. The van der Waals surface area contributed by atoms with Gasteiger partial charge in [-0.1, -0.05) is 18.9 Å². The van der Waals surface area contributed by atoms with E-state index < -0.39 is 0 Å². The highest BCUT2D eigenvalue weighted by atomic mass is 16.3. The standard InChI is InChI=1S/C18H22N2O/c19-8-10-20-9-7-18-6-2-1-3-15(18)17(20)11-13-4-5-14(21)12-16(13)18/h4-5,12,15,17,21H,1-3,6-7,9-11H2/t15-,17+,18+/m0/s1. The van der Waals surface area contributed by atoms with Gasteiger partial charge in [0.2, 0.25) is 0 Å². The van der Waals surface area contributed by atoms with Crippen LogP contribution in [0.3, 0.4) is 0 Å². The van der Waals surface area contributed by atoms with Crippen LogP contribution in [-0.4, -0.2) is 29.1 Å². The van der Waals surface area contributed by atoms with E-state index in [4.69, 9.17) is 5.26 Å². The number of aromatic hydroxyl groups is 1. The lowest BCUT2D eigenvalue weighted by molar-refractivity contribution is -0.00439. The molecular formula is C18H22N2O. The molecule has 0 aromatic heterocycles. The topological polar surface area (TPSA) is 47.3 Å². The number of likely N-dealkylation sites (tertiary alicyclic amines) is 1. The number of piperidine rings is 1. The summed E-state index contributed by atoms with van der Waals surface area (Å²) in [6.45, 7) is 1.59. The molecule has 1 N–H and O–H groups in total. The van der Waals surface area contributed by atoms with Crippen molar-refractivity contribution in [2.45, 2.75) is 50.0 Å². The predicted molar refractivity (Wildman–Crippen MR) is 81.0 cm³/mol. The van der Waals surface area contributed by atoms with Crippen molar-refractivity contribution in [3.63, 3.8) is 0 Å². The van der Waals surface area contributed by atoms with Crippen LogP contribution in [0.15, 0.2) is 18.2 Å². The maximum Gasteiger partial charge on any atom is 0.115 e. The van der Waals surface area contributed by atoms with Crippen molar-refractivity contribution in [1.29, 1.82) is 5.26 Å². The van der Waals surface area contributed by atoms with Crippen LogP contribution >= 0.6 is 0 Å². The number of rotatable bonds is 1. The van der Waals surface area contributed by atoms with E-state index in [0.717, 1.165) is 19.4 Å². The molecule has 21 heavy (non-hydrogen) atoms. The quantitative estimate of drug-likeness (QED) is 0.806. The summed E-state index contributed by atoms with van der Waals surface area (Å²) in [4.78, 5) is 2.41. The van der Waals surface area contributed by atoms with Crippen molar-refractivity contribution in [1.82, 2.24) is 4.90 Å². The Morgan fingerprint density at radius 3 is 3.10 bits per heavy atom. The summed E-state index contributed by atoms with van der Waals surface area (Å²) < 4.78 is 0. The van der Waals surface area contributed by atoms with Gasteiger partial charge in [0.15, 0.2) is 0 Å². The van der Waals surface area contributed by atoms with Crippen LogP contribution < -0.4 is 0 Å². The summed E-state index contributed by atoms with van der Waals surface area (Å²) in [5.41, 5.74) is 3.08. The Kier molecular flexibility index (Phi) is 2.97. The fraction of sp³-hybridized carbons (Fsp3) is 0.611. The normalized spacial score (nSPS) is 34.6. The minimum Gasteiger partial charge on any atom is -0.508 e. The van der Waals surface area contributed by atoms with E-state index in [0.29, 0.717) is 24.3 Å². The van der Waals surface area contributed by atoms with E-state index in [1.54, 1.807) is 0 Å². The van der Waals surface area contributed by atoms with Gasteiger partial charge in [0.1, 0.15) is 5.75 Å². The fourth-order valence-corrected chi connectivity index (χ4v) is 5.36. The first-order chi connectivity index (χ1) is 10.2. The second-order valence-electron chi connectivity index (χ2n) is 7.00. The molecule has 4 rings (SSSR count). The van der Waals surface area contributed by atoms with Gasteiger partial charge in [-0.25, -0.2) is 0 Å². The molecule has 0 amide bonds. The molecule has 1 aromatic carbocycles. The number of nitriles is 1. The minimum atomic E-state index is 0.265. The molecule has 3 aliphatic rings. The van der Waals surface area contributed by atoms with Gasteiger partial charge in [-0.3, -0.25) is 4.90 Å². The molecule has 0 radical (unpaired) electrons. The SMILES string of the molecule is N#CCN1CC[C@]23CCCC[C@H]2[C@H]1Cc1ccc(O)cc13. The molecule has 1 aromatic rings. The predicted octanol–water partition coefficient (Wildman–Crippen LogP) is 2.97. The van der Waals surface area contributed by atoms with E-state index in [2.05, 4.69) is 17.0 Å². The van der Waals surface area contributed by atoms with Crippen LogP contribution in [0.25, 0.3) is 0 Å². The summed E-state index contributed by atoms with van der Waals surface area (Å²) in [7, 11) is 0. The molecule has 1 saturated heterocycles. The molecule has 3 atom stereocenters. The van der Waals surface area contributed by atoms with E-state index in [1.807, 2.05) is 12.1 Å². The van der Waals surface area contributed by atoms with Gasteiger partial charge in [-0.15, -0.1) is 0 Å². The second-order valence-corrected chi connectivity index (χ2v) is 7.00. The molecule has 2 aliphatic carbocycles. The molecule has 3 heteroatoms. The van der Waals surface area contributed by atoms with Crippen LogP contribution in [0.4, 0.5) is 0 Å². The Balaban J connectivity index is 1.84. The highest BCUT2D eigenvalue weighted by Crippen LogP contribution is 2.56. The number of nitrogens with zero attached hydrogens (tertiary/aromatic N) is 2. The molecule has 3 nitrogen and oxygen atoms in total. The summed E-state index contributed by atoms with van der Waals surface area (Å²) >= 11 is 0. The Hall–Kier alpha value is -1.53. The van der Waals surface area contributed by atoms with Crippen LogP contribution in [0.1, 0.15) is 43.2 Å². The summed E-state index contributed by atoms with van der Waals surface area (Å²) in [6.07, 6.45) is 7.34. The van der Waals surface area contributed by atoms with E-state index in [-0.39, 0.29) is 5.41 Å². The van der Waals surface area contributed by atoms with Gasteiger partial charge in [0, 0.05) is 18.0 Å². The van der Waals surface area contributed by atoms with Gasteiger partial charge in [-0.2, -0.15) is 5.26 Å². The first kappa shape index (κ1) is 13.2. The number of hydrogen-bond acceptors (Lipinski definition) is 3. The van der Waals surface area contributed by atoms with Crippen molar-refractivity contribution in [3.05, 3.63) is 29.3 Å². The van der Waals surface area contributed by atoms with Gasteiger partial charge < -0.3 is 5.11 Å². The molecular weight excluding hydrogens is 260 g/mol. The molecule has 1 aliphatic heterocycles. The number of hydrogen-bond donors (Lipinski definition) is 1. The Morgan fingerprint density at radius 1 is 1.33 bits per heavy atom. The smallest absolute Gasteiger partial charge is 0.115 e. The van der Waals surface area contributed by atoms with Crippen molar-refractivity contribution in [3.8, 4) is 11.8 Å². The zero-order chi connectivity index (χ0) is 14.4. The van der Waals surface area contributed by atoms with Gasteiger partial charge >= 0.3 is 0 Å². The van der Waals surface area contributed by atoms with Gasteiger partial charge in [0.05, 0.1) is 12.6 Å². The number of fused-ring (bicyclic) bond motifs is 1. The highest BCUT2D eigenvalue weighted by Gasteiger charge is 2.53. The third-order valence-electron chi connectivity index (χ3n) is 6.21. The maximum atomic E-state index is 9.96. The summed E-state index contributed by atoms with van der Waals surface area (Å²) in [5, 5.41) is 19.1. The monoisotopic (exact) mass is 282 g/mol. The van der Waals surface area contributed by atoms with Crippen LogP contribution in [0.2, 0.25) is 0 Å². The van der Waals surface area contributed by atoms with Gasteiger partial charge in [-0.05, 0) is 54.9 Å². The van der Waals surface area contributed by atoms with Crippen molar-refractivity contribution in [2.24, 2.45) is 5.92 Å². The lowest BCUT2D eigenvalue weighted by atomic mass is 9.52. The number of benzene rings is 1. The maximum absolute atomic E-state index is 9.96. The van der Waals surface area contributed by atoms with Crippen LogP contribution in [0, 0.1) is 17.2 Å². The zero-order valence-electron chi connectivity index (χ0n) is 12.4. The highest BCUT2D eigenvalue weighted by molar-refractivity contribution is 5.45. The average Bonchev–Trinajstić information content (AvgIpc) is 2.51. The molecule has 2 fully saturated rings. The minimum absolute atomic E-state index is 0.265. The molecule has 110 valence electrons. The lowest BCUT2D eigenvalue weighted by Crippen LogP contribution is -2.60. The number of phenols is 1. The van der Waals surface area contributed by atoms with Crippen LogP contribution in [0.5, 0.6) is 5.75 Å². The fourth-order valence-electron chi connectivity index (χ4n) is 5.36. The Labute approximate surface area is 126 Å². The summed E-state index contributed by atoms with van der Waals surface area (Å²) in [6, 6.07) is 8.84. The van der Waals surface area contributed by atoms with E-state index in [1.165, 1.54) is 36.8 Å². The molecule has 2 bridgehead atoms. The number of phenolic OH excluding ortho intramolecular Hbond substituents is 1. The molecule has 1 heterocycles. The zero-order valence-corrected chi connectivity index (χ0v) is 12.4. The van der Waals surface area contributed by atoms with Crippen molar-refractivity contribution in [2.75, 3.05) is 13.1 Å². The van der Waals surface area contributed by atoms with Crippen LogP contribution in [-0.2, 0) is 11.8 Å². The average molecular weight is 282 g/mol. The first-order valence-electron chi connectivity index (χ1n) is 8.18. The first-order valence-corrected chi connectivity index (χ1v) is 8.18. The van der Waals surface area contributed by atoms with E-state index >= 15 is 0 Å². The third kappa shape index (κ3) is 1.82. The second kappa shape index (κ2) is 4.74.